The molecule has 0 aliphatic rings. The van der Waals surface area contributed by atoms with E-state index in [4.69, 9.17) is 11.6 Å². The molecule has 2 aromatic rings. The second-order valence-electron chi connectivity index (χ2n) is 3.72. The predicted molar refractivity (Wildman–Crippen MR) is 66.0 cm³/mol. The van der Waals surface area contributed by atoms with Crippen LogP contribution in [-0.4, -0.2) is 9.97 Å². The zero-order chi connectivity index (χ0) is 14.0. The van der Waals surface area contributed by atoms with Crippen molar-refractivity contribution >= 4 is 23.1 Å². The molecule has 0 unspecified atom stereocenters. The smallest absolute Gasteiger partial charge is 0.194 e. The van der Waals surface area contributed by atoms with Crippen LogP contribution < -0.4 is 5.32 Å². The van der Waals surface area contributed by atoms with Crippen LogP contribution in [0.1, 0.15) is 12.5 Å². The van der Waals surface area contributed by atoms with Gasteiger partial charge in [-0.25, -0.2) is 23.1 Å². The normalized spacial score (nSPS) is 10.6. The third-order valence-electron chi connectivity index (χ3n) is 2.49. The standard InChI is InChI=1S/C12H9ClF3N3/c1-2-7-11(13)17-5-18-12(7)19-6-3-8(14)10(16)9(15)4-6/h3-5H,2H2,1H3,(H,17,18,19). The van der Waals surface area contributed by atoms with Crippen LogP contribution >= 0.6 is 11.6 Å². The minimum atomic E-state index is -1.51. The van der Waals surface area contributed by atoms with Gasteiger partial charge in [0.05, 0.1) is 0 Å². The van der Waals surface area contributed by atoms with Gasteiger partial charge in [-0.3, -0.25) is 0 Å². The van der Waals surface area contributed by atoms with Crippen LogP contribution in [0.15, 0.2) is 18.5 Å². The first kappa shape index (κ1) is 13.6. The summed E-state index contributed by atoms with van der Waals surface area (Å²) in [4.78, 5) is 7.75. The molecule has 7 heteroatoms. The lowest BCUT2D eigenvalue weighted by molar-refractivity contribution is 0.448. The minimum Gasteiger partial charge on any atom is -0.340 e. The van der Waals surface area contributed by atoms with Gasteiger partial charge < -0.3 is 5.32 Å². The molecule has 0 bridgehead atoms. The summed E-state index contributed by atoms with van der Waals surface area (Å²) in [5.41, 5.74) is 0.648. The van der Waals surface area contributed by atoms with Gasteiger partial charge in [0.15, 0.2) is 17.5 Å². The molecule has 19 heavy (non-hydrogen) atoms. The van der Waals surface area contributed by atoms with Crippen LogP contribution in [0.2, 0.25) is 5.15 Å². The molecule has 0 aliphatic heterocycles. The number of aromatic nitrogens is 2. The van der Waals surface area contributed by atoms with E-state index in [9.17, 15) is 13.2 Å². The number of nitrogens with zero attached hydrogens (tertiary/aromatic N) is 2. The van der Waals surface area contributed by atoms with E-state index >= 15 is 0 Å². The first-order valence-electron chi connectivity index (χ1n) is 5.43. The van der Waals surface area contributed by atoms with E-state index in [0.717, 1.165) is 12.1 Å². The van der Waals surface area contributed by atoms with Gasteiger partial charge in [0.1, 0.15) is 17.3 Å². The highest BCUT2D eigenvalue weighted by Gasteiger charge is 2.13. The lowest BCUT2D eigenvalue weighted by atomic mass is 10.2. The van der Waals surface area contributed by atoms with E-state index in [2.05, 4.69) is 15.3 Å². The Morgan fingerprint density at radius 1 is 1.16 bits per heavy atom. The number of halogens is 4. The van der Waals surface area contributed by atoms with Gasteiger partial charge in [0.2, 0.25) is 0 Å². The molecule has 1 heterocycles. The maximum Gasteiger partial charge on any atom is 0.194 e. The lowest BCUT2D eigenvalue weighted by Crippen LogP contribution is -2.02. The molecule has 1 N–H and O–H groups in total. The number of nitrogens with one attached hydrogen (secondary N) is 1. The van der Waals surface area contributed by atoms with Gasteiger partial charge in [-0.05, 0) is 6.42 Å². The first-order chi connectivity index (χ1) is 9.02. The van der Waals surface area contributed by atoms with Gasteiger partial charge in [-0.1, -0.05) is 18.5 Å². The summed E-state index contributed by atoms with van der Waals surface area (Å²) in [6, 6.07) is 1.68. The number of anilines is 2. The summed E-state index contributed by atoms with van der Waals surface area (Å²) in [6.45, 7) is 1.83. The minimum absolute atomic E-state index is 0.0425. The number of hydrogen-bond acceptors (Lipinski definition) is 3. The van der Waals surface area contributed by atoms with Crippen LogP contribution in [0.4, 0.5) is 24.7 Å². The Morgan fingerprint density at radius 2 is 1.79 bits per heavy atom. The van der Waals surface area contributed by atoms with E-state index < -0.39 is 17.5 Å². The Bertz CT molecular complexity index is 596. The third kappa shape index (κ3) is 2.78. The summed E-state index contributed by atoms with van der Waals surface area (Å²) in [6.07, 6.45) is 1.76. The van der Waals surface area contributed by atoms with Crippen molar-refractivity contribution in [1.82, 2.24) is 9.97 Å². The fourth-order valence-corrected chi connectivity index (χ4v) is 1.84. The van der Waals surface area contributed by atoms with Crippen molar-refractivity contribution in [2.24, 2.45) is 0 Å². The van der Waals surface area contributed by atoms with E-state index in [1.807, 2.05) is 6.92 Å². The van der Waals surface area contributed by atoms with Gasteiger partial charge in [-0.2, -0.15) is 0 Å². The number of rotatable bonds is 3. The van der Waals surface area contributed by atoms with Crippen LogP contribution in [0.3, 0.4) is 0 Å². The maximum atomic E-state index is 13.1. The molecule has 1 aromatic heterocycles. The summed E-state index contributed by atoms with van der Waals surface area (Å²) in [5.74, 6) is -3.74. The molecule has 2 rings (SSSR count). The van der Waals surface area contributed by atoms with Crippen LogP contribution in [0.25, 0.3) is 0 Å². The maximum absolute atomic E-state index is 13.1. The second kappa shape index (κ2) is 5.44. The molecule has 0 atom stereocenters. The fraction of sp³-hybridized carbons (Fsp3) is 0.167. The molecule has 1 aromatic carbocycles. The highest BCUT2D eigenvalue weighted by Crippen LogP contribution is 2.25. The van der Waals surface area contributed by atoms with Crippen molar-refractivity contribution in [2.45, 2.75) is 13.3 Å². The largest absolute Gasteiger partial charge is 0.340 e. The van der Waals surface area contributed by atoms with Gasteiger partial charge in [0, 0.05) is 23.4 Å². The van der Waals surface area contributed by atoms with Crippen molar-refractivity contribution in [1.29, 1.82) is 0 Å². The molecule has 0 fully saturated rings. The van der Waals surface area contributed by atoms with Crippen molar-refractivity contribution < 1.29 is 13.2 Å². The number of hydrogen-bond donors (Lipinski definition) is 1. The van der Waals surface area contributed by atoms with E-state index in [0.29, 0.717) is 17.8 Å². The highest BCUT2D eigenvalue weighted by molar-refractivity contribution is 6.30. The quantitative estimate of drug-likeness (QED) is 0.688. The number of benzene rings is 1. The highest BCUT2D eigenvalue weighted by atomic mass is 35.5. The van der Waals surface area contributed by atoms with Gasteiger partial charge in [0.25, 0.3) is 0 Å². The average molecular weight is 288 g/mol. The Kier molecular flexibility index (Phi) is 3.90. The molecule has 100 valence electrons. The van der Waals surface area contributed by atoms with Crippen molar-refractivity contribution in [2.75, 3.05) is 5.32 Å². The molecule has 0 spiro atoms. The summed E-state index contributed by atoms with van der Waals surface area (Å²) in [5, 5.41) is 2.94. The lowest BCUT2D eigenvalue weighted by Gasteiger charge is -2.10. The zero-order valence-corrected chi connectivity index (χ0v) is 10.6. The molecular formula is C12H9ClF3N3. The predicted octanol–water partition coefficient (Wildman–Crippen LogP) is 3.85. The summed E-state index contributed by atoms with van der Waals surface area (Å²) in [7, 11) is 0. The Hall–Kier alpha value is -1.82. The van der Waals surface area contributed by atoms with Crippen molar-refractivity contribution in [3.8, 4) is 0 Å². The third-order valence-corrected chi connectivity index (χ3v) is 2.82. The fourth-order valence-electron chi connectivity index (χ4n) is 1.58. The molecule has 3 nitrogen and oxygen atoms in total. The molecule has 0 saturated heterocycles. The average Bonchev–Trinajstić information content (AvgIpc) is 2.36. The SMILES string of the molecule is CCc1c(Cl)ncnc1Nc1cc(F)c(F)c(F)c1. The first-order valence-corrected chi connectivity index (χ1v) is 5.81. The molecule has 0 saturated carbocycles. The van der Waals surface area contributed by atoms with Crippen LogP contribution in [0, 0.1) is 17.5 Å². The van der Waals surface area contributed by atoms with Gasteiger partial charge >= 0.3 is 0 Å². The molecule has 0 amide bonds. The van der Waals surface area contributed by atoms with Gasteiger partial charge in [-0.15, -0.1) is 0 Å². The van der Waals surface area contributed by atoms with E-state index in [1.165, 1.54) is 6.33 Å². The second-order valence-corrected chi connectivity index (χ2v) is 4.08. The summed E-state index contributed by atoms with van der Waals surface area (Å²) < 4.78 is 39.0. The van der Waals surface area contributed by atoms with Crippen molar-refractivity contribution in [3.63, 3.8) is 0 Å². The Morgan fingerprint density at radius 3 is 2.37 bits per heavy atom. The molecule has 0 radical (unpaired) electrons. The molecule has 0 aliphatic carbocycles. The van der Waals surface area contributed by atoms with Crippen LogP contribution in [-0.2, 0) is 6.42 Å². The van der Waals surface area contributed by atoms with E-state index in [1.54, 1.807) is 0 Å². The topological polar surface area (TPSA) is 37.8 Å². The van der Waals surface area contributed by atoms with Crippen molar-refractivity contribution in [3.05, 3.63) is 46.6 Å². The zero-order valence-electron chi connectivity index (χ0n) is 9.85. The Balaban J connectivity index is 2.39. The monoisotopic (exact) mass is 287 g/mol. The Labute approximate surface area is 112 Å². The van der Waals surface area contributed by atoms with E-state index in [-0.39, 0.29) is 10.8 Å². The molecular weight excluding hydrogens is 279 g/mol. The summed E-state index contributed by atoms with van der Waals surface area (Å²) >= 11 is 5.88. The van der Waals surface area contributed by atoms with Crippen LogP contribution in [0.5, 0.6) is 0 Å².